The van der Waals surface area contributed by atoms with Gasteiger partial charge < -0.3 is 15.6 Å². The van der Waals surface area contributed by atoms with Crippen LogP contribution in [0.15, 0.2) is 28.7 Å². The molecule has 0 radical (unpaired) electrons. The van der Waals surface area contributed by atoms with E-state index in [0.717, 1.165) is 35.9 Å². The summed E-state index contributed by atoms with van der Waals surface area (Å²) in [6.07, 6.45) is 5.10. The van der Waals surface area contributed by atoms with Gasteiger partial charge in [0.1, 0.15) is 0 Å². The monoisotopic (exact) mass is 341 g/mol. The fourth-order valence-electron chi connectivity index (χ4n) is 2.86. The fraction of sp³-hybridized carbons (Fsp3) is 0.625. The minimum absolute atomic E-state index is 0.0193. The standard InChI is InChI=1S/C16H24BrNO2/c17-15-7-2-1-6-13(15)14(11-18)16(19)9-8-12-5-3-4-10-20-12/h1-2,6-7,12,14,16,19H,3-5,8-11,18H2. The summed E-state index contributed by atoms with van der Waals surface area (Å²) >= 11 is 3.54. The van der Waals surface area contributed by atoms with Gasteiger partial charge in [0.2, 0.25) is 0 Å². The summed E-state index contributed by atoms with van der Waals surface area (Å²) in [4.78, 5) is 0. The van der Waals surface area contributed by atoms with E-state index >= 15 is 0 Å². The first-order chi connectivity index (χ1) is 9.72. The largest absolute Gasteiger partial charge is 0.392 e. The van der Waals surface area contributed by atoms with Crippen LogP contribution in [-0.4, -0.2) is 30.5 Å². The molecule has 3 unspecified atom stereocenters. The molecular weight excluding hydrogens is 318 g/mol. The molecule has 4 heteroatoms. The Balaban J connectivity index is 1.91. The molecule has 1 aliphatic heterocycles. The Morgan fingerprint density at radius 1 is 1.35 bits per heavy atom. The van der Waals surface area contributed by atoms with Gasteiger partial charge in [0.05, 0.1) is 12.2 Å². The maximum atomic E-state index is 10.5. The Morgan fingerprint density at radius 2 is 2.15 bits per heavy atom. The highest BCUT2D eigenvalue weighted by molar-refractivity contribution is 9.10. The summed E-state index contributed by atoms with van der Waals surface area (Å²) in [5.74, 6) is -0.0193. The van der Waals surface area contributed by atoms with Crippen molar-refractivity contribution in [3.63, 3.8) is 0 Å². The average Bonchev–Trinajstić information content (AvgIpc) is 2.49. The molecule has 3 nitrogen and oxygen atoms in total. The van der Waals surface area contributed by atoms with Gasteiger partial charge in [-0.2, -0.15) is 0 Å². The minimum Gasteiger partial charge on any atom is -0.392 e. The van der Waals surface area contributed by atoms with Crippen molar-refractivity contribution < 1.29 is 9.84 Å². The van der Waals surface area contributed by atoms with E-state index in [9.17, 15) is 5.11 Å². The predicted octanol–water partition coefficient (Wildman–Crippen LogP) is 3.20. The van der Waals surface area contributed by atoms with Crippen LogP contribution in [0.1, 0.15) is 43.6 Å². The highest BCUT2D eigenvalue weighted by Gasteiger charge is 2.23. The summed E-state index contributed by atoms with van der Waals surface area (Å²) in [5, 5.41) is 10.5. The van der Waals surface area contributed by atoms with E-state index in [4.69, 9.17) is 10.5 Å². The smallest absolute Gasteiger partial charge is 0.0622 e. The summed E-state index contributed by atoms with van der Waals surface area (Å²) in [6.45, 7) is 1.32. The number of rotatable bonds is 6. The number of nitrogens with two attached hydrogens (primary N) is 1. The van der Waals surface area contributed by atoms with Crippen molar-refractivity contribution >= 4 is 15.9 Å². The van der Waals surface area contributed by atoms with Gasteiger partial charge in [-0.15, -0.1) is 0 Å². The van der Waals surface area contributed by atoms with Crippen LogP contribution < -0.4 is 5.73 Å². The van der Waals surface area contributed by atoms with Gasteiger partial charge in [-0.05, 0) is 43.7 Å². The van der Waals surface area contributed by atoms with Crippen LogP contribution in [0.2, 0.25) is 0 Å². The number of hydrogen-bond donors (Lipinski definition) is 2. The quantitative estimate of drug-likeness (QED) is 0.835. The van der Waals surface area contributed by atoms with Crippen molar-refractivity contribution in [3.8, 4) is 0 Å². The first-order valence-electron chi connectivity index (χ1n) is 7.46. The minimum atomic E-state index is -0.413. The second-order valence-corrected chi connectivity index (χ2v) is 6.35. The molecule has 3 atom stereocenters. The maximum Gasteiger partial charge on any atom is 0.0622 e. The second-order valence-electron chi connectivity index (χ2n) is 5.50. The molecular formula is C16H24BrNO2. The maximum absolute atomic E-state index is 10.5. The van der Waals surface area contributed by atoms with Crippen molar-refractivity contribution in [2.45, 2.75) is 50.2 Å². The fourth-order valence-corrected chi connectivity index (χ4v) is 3.44. The molecule has 2 rings (SSSR count). The third-order valence-electron chi connectivity index (χ3n) is 4.08. The number of hydrogen-bond acceptors (Lipinski definition) is 3. The van der Waals surface area contributed by atoms with E-state index in [1.807, 2.05) is 24.3 Å². The first-order valence-corrected chi connectivity index (χ1v) is 8.26. The number of aliphatic hydroxyl groups excluding tert-OH is 1. The van der Waals surface area contributed by atoms with Crippen molar-refractivity contribution in [1.82, 2.24) is 0 Å². The zero-order chi connectivity index (χ0) is 14.4. The normalized spacial score (nSPS) is 22.4. The third-order valence-corrected chi connectivity index (χ3v) is 4.80. The molecule has 0 bridgehead atoms. The van der Waals surface area contributed by atoms with Gasteiger partial charge in [0, 0.05) is 23.5 Å². The van der Waals surface area contributed by atoms with E-state index in [-0.39, 0.29) is 5.92 Å². The zero-order valence-electron chi connectivity index (χ0n) is 11.8. The van der Waals surface area contributed by atoms with E-state index < -0.39 is 6.10 Å². The molecule has 1 fully saturated rings. The average molecular weight is 342 g/mol. The van der Waals surface area contributed by atoms with Gasteiger partial charge in [0.15, 0.2) is 0 Å². The Kier molecular flexibility index (Phi) is 6.49. The molecule has 1 aliphatic rings. The van der Waals surface area contributed by atoms with Crippen LogP contribution in [0, 0.1) is 0 Å². The molecule has 0 amide bonds. The molecule has 1 aromatic carbocycles. The number of ether oxygens (including phenoxy) is 1. The Morgan fingerprint density at radius 3 is 2.80 bits per heavy atom. The molecule has 0 aromatic heterocycles. The molecule has 1 aromatic rings. The van der Waals surface area contributed by atoms with Gasteiger partial charge in [-0.1, -0.05) is 34.1 Å². The number of aliphatic hydroxyl groups is 1. The van der Waals surface area contributed by atoms with Crippen LogP contribution in [0.25, 0.3) is 0 Å². The Hall–Kier alpha value is -0.420. The van der Waals surface area contributed by atoms with Gasteiger partial charge in [0.25, 0.3) is 0 Å². The SMILES string of the molecule is NCC(c1ccccc1Br)C(O)CCC1CCCCO1. The molecule has 0 aliphatic carbocycles. The lowest BCUT2D eigenvalue weighted by molar-refractivity contribution is 0.000415. The molecule has 20 heavy (non-hydrogen) atoms. The Bertz CT molecular complexity index is 407. The lowest BCUT2D eigenvalue weighted by atomic mass is 9.89. The van der Waals surface area contributed by atoms with E-state index in [2.05, 4.69) is 15.9 Å². The molecule has 0 saturated carbocycles. The van der Waals surface area contributed by atoms with Gasteiger partial charge in [-0.3, -0.25) is 0 Å². The highest BCUT2D eigenvalue weighted by atomic mass is 79.9. The lowest BCUT2D eigenvalue weighted by Crippen LogP contribution is -2.28. The van der Waals surface area contributed by atoms with Crippen molar-refractivity contribution in [1.29, 1.82) is 0 Å². The van der Waals surface area contributed by atoms with E-state index in [1.165, 1.54) is 12.8 Å². The van der Waals surface area contributed by atoms with Crippen molar-refractivity contribution in [3.05, 3.63) is 34.3 Å². The molecule has 3 N–H and O–H groups in total. The predicted molar refractivity (Wildman–Crippen MR) is 84.8 cm³/mol. The van der Waals surface area contributed by atoms with Crippen LogP contribution in [0.3, 0.4) is 0 Å². The highest BCUT2D eigenvalue weighted by Crippen LogP contribution is 2.29. The molecule has 0 spiro atoms. The second kappa shape index (κ2) is 8.13. The summed E-state index contributed by atoms with van der Waals surface area (Å²) in [5.41, 5.74) is 6.96. The van der Waals surface area contributed by atoms with Gasteiger partial charge >= 0.3 is 0 Å². The lowest BCUT2D eigenvalue weighted by Gasteiger charge is -2.27. The topological polar surface area (TPSA) is 55.5 Å². The summed E-state index contributed by atoms with van der Waals surface area (Å²) < 4.78 is 6.74. The van der Waals surface area contributed by atoms with Crippen LogP contribution >= 0.6 is 15.9 Å². The molecule has 1 saturated heterocycles. The summed E-state index contributed by atoms with van der Waals surface area (Å²) in [6, 6.07) is 7.99. The van der Waals surface area contributed by atoms with E-state index in [1.54, 1.807) is 0 Å². The third kappa shape index (κ3) is 4.29. The molecule has 1 heterocycles. The van der Waals surface area contributed by atoms with Crippen molar-refractivity contribution in [2.24, 2.45) is 5.73 Å². The van der Waals surface area contributed by atoms with Crippen LogP contribution in [-0.2, 0) is 4.74 Å². The van der Waals surface area contributed by atoms with Gasteiger partial charge in [-0.25, -0.2) is 0 Å². The number of halogens is 1. The van der Waals surface area contributed by atoms with Crippen molar-refractivity contribution in [2.75, 3.05) is 13.2 Å². The van der Waals surface area contributed by atoms with Crippen LogP contribution in [0.5, 0.6) is 0 Å². The van der Waals surface area contributed by atoms with E-state index in [0.29, 0.717) is 12.6 Å². The van der Waals surface area contributed by atoms with Crippen LogP contribution in [0.4, 0.5) is 0 Å². The number of benzene rings is 1. The summed E-state index contributed by atoms with van der Waals surface area (Å²) in [7, 11) is 0. The Labute approximate surface area is 129 Å². The zero-order valence-corrected chi connectivity index (χ0v) is 13.4. The first kappa shape index (κ1) is 16.0. The molecule has 112 valence electrons.